The van der Waals surface area contributed by atoms with Gasteiger partial charge in [-0.25, -0.2) is 4.98 Å². The van der Waals surface area contributed by atoms with Crippen LogP contribution in [0.2, 0.25) is 5.02 Å². The fraction of sp³-hybridized carbons (Fsp3) is 0.360. The van der Waals surface area contributed by atoms with Gasteiger partial charge in [0.2, 0.25) is 0 Å². The lowest BCUT2D eigenvalue weighted by Crippen LogP contribution is -2.36. The quantitative estimate of drug-likeness (QED) is 0.432. The summed E-state index contributed by atoms with van der Waals surface area (Å²) in [5.41, 5.74) is 5.76. The van der Waals surface area contributed by atoms with Crippen LogP contribution in [0.4, 0.5) is 5.69 Å². The fourth-order valence-corrected chi connectivity index (χ4v) is 4.79. The molecule has 0 saturated carbocycles. The molecule has 0 spiro atoms. The number of aromatic nitrogens is 2. The predicted octanol–water partition coefficient (Wildman–Crippen LogP) is 2.91. The maximum atomic E-state index is 12.9. The van der Waals surface area contributed by atoms with Crippen molar-refractivity contribution in [1.82, 2.24) is 20.6 Å². The van der Waals surface area contributed by atoms with Gasteiger partial charge in [-0.3, -0.25) is 4.79 Å². The van der Waals surface area contributed by atoms with Gasteiger partial charge in [0.1, 0.15) is 11.4 Å². The summed E-state index contributed by atoms with van der Waals surface area (Å²) in [5.74, 6) is 0.316. The second-order valence-electron chi connectivity index (χ2n) is 8.78. The number of imidazole rings is 1. The summed E-state index contributed by atoms with van der Waals surface area (Å²) < 4.78 is 5.47. The first-order valence-electron chi connectivity index (χ1n) is 11.5. The number of fused-ring (bicyclic) bond motifs is 1. The van der Waals surface area contributed by atoms with Crippen LogP contribution >= 0.6 is 11.6 Å². The number of aromatic amines is 1. The van der Waals surface area contributed by atoms with Crippen LogP contribution in [0.1, 0.15) is 30.0 Å². The third kappa shape index (κ3) is 4.36. The molecule has 0 aliphatic carbocycles. The number of hydrogen-bond donors (Lipinski definition) is 4. The molecule has 0 unspecified atom stereocenters. The number of aryl methyl sites for hydroxylation is 1. The summed E-state index contributed by atoms with van der Waals surface area (Å²) in [6.07, 6.45) is -0.774. The molecule has 178 valence electrons. The molecule has 1 saturated heterocycles. The Morgan fingerprint density at radius 2 is 2.09 bits per heavy atom. The fourth-order valence-electron chi connectivity index (χ4n) is 4.59. The number of anilines is 1. The number of nitrogens with one attached hydrogen (secondary N) is 3. The van der Waals surface area contributed by atoms with Crippen molar-refractivity contribution in [3.8, 4) is 0 Å². The number of nitrogens with zero attached hydrogens (tertiary/aromatic N) is 2. The Hall–Kier alpha value is -3.07. The predicted molar refractivity (Wildman–Crippen MR) is 133 cm³/mol. The number of morpholine rings is 1. The molecule has 8 nitrogen and oxygen atoms in total. The number of aliphatic hydroxyl groups excluding tert-OH is 1. The Labute approximate surface area is 203 Å². The molecular formula is C25H28ClN5O3. The molecule has 1 aromatic heterocycles. The molecule has 2 atom stereocenters. The van der Waals surface area contributed by atoms with Crippen molar-refractivity contribution in [3.05, 3.63) is 64.1 Å². The summed E-state index contributed by atoms with van der Waals surface area (Å²) in [5, 5.41) is 17.4. The lowest BCUT2D eigenvalue weighted by molar-refractivity contribution is -0.115. The standard InChI is InChI=1S/C25H28ClN5O3/c1-14-10-18(31-6-8-34-9-7-31)12-19-22(14)30-24(29-19)21-23(15(2)28-25(21)33)27-13-20(32)16-4-3-5-17(26)11-16/h3-5,10-12,15,20,27,32H,6-9,13H2,1-2H3,(H,28,33)(H,29,30)/t15-,20-/m1/s1. The normalized spacial score (nSPS) is 19.6. The zero-order valence-corrected chi connectivity index (χ0v) is 19.9. The highest BCUT2D eigenvalue weighted by Crippen LogP contribution is 2.30. The van der Waals surface area contributed by atoms with E-state index in [0.29, 0.717) is 40.9 Å². The van der Waals surface area contributed by atoms with E-state index >= 15 is 0 Å². The van der Waals surface area contributed by atoms with Crippen molar-refractivity contribution >= 4 is 39.8 Å². The van der Waals surface area contributed by atoms with Crippen LogP contribution in [0, 0.1) is 6.92 Å². The lowest BCUT2D eigenvalue weighted by Gasteiger charge is -2.29. The van der Waals surface area contributed by atoms with E-state index in [1.54, 1.807) is 18.2 Å². The average Bonchev–Trinajstić information content (AvgIpc) is 3.37. The van der Waals surface area contributed by atoms with Crippen LogP contribution in [0.25, 0.3) is 16.6 Å². The Kier molecular flexibility index (Phi) is 6.20. The minimum absolute atomic E-state index is 0.197. The van der Waals surface area contributed by atoms with Crippen molar-refractivity contribution in [3.63, 3.8) is 0 Å². The summed E-state index contributed by atoms with van der Waals surface area (Å²) in [7, 11) is 0. The van der Waals surface area contributed by atoms with Crippen LogP contribution in [0.5, 0.6) is 0 Å². The Morgan fingerprint density at radius 3 is 2.85 bits per heavy atom. The number of H-pyrrole nitrogens is 1. The monoisotopic (exact) mass is 481 g/mol. The second kappa shape index (κ2) is 9.29. The van der Waals surface area contributed by atoms with Gasteiger partial charge in [-0.2, -0.15) is 0 Å². The maximum absolute atomic E-state index is 12.9. The third-order valence-electron chi connectivity index (χ3n) is 6.37. The number of carbonyl (C=O) groups is 1. The van der Waals surface area contributed by atoms with E-state index in [1.807, 2.05) is 19.9 Å². The number of hydrogen-bond acceptors (Lipinski definition) is 6. The van der Waals surface area contributed by atoms with Gasteiger partial charge in [0.25, 0.3) is 5.91 Å². The first kappa shape index (κ1) is 22.7. The molecule has 3 aromatic rings. The summed E-state index contributed by atoms with van der Waals surface area (Å²) in [4.78, 5) is 23.3. The highest BCUT2D eigenvalue weighted by Gasteiger charge is 2.32. The summed E-state index contributed by atoms with van der Waals surface area (Å²) in [6, 6.07) is 11.1. The average molecular weight is 482 g/mol. The number of amides is 1. The van der Waals surface area contributed by atoms with Crippen LogP contribution in [-0.4, -0.2) is 59.9 Å². The molecule has 9 heteroatoms. The van der Waals surface area contributed by atoms with Crippen LogP contribution in [0.3, 0.4) is 0 Å². The van der Waals surface area contributed by atoms with Gasteiger partial charge in [0.05, 0.1) is 42.1 Å². The molecule has 0 radical (unpaired) electrons. The molecule has 2 aliphatic rings. The van der Waals surface area contributed by atoms with Gasteiger partial charge in [-0.05, 0) is 49.2 Å². The number of carbonyl (C=O) groups excluding carboxylic acids is 1. The van der Waals surface area contributed by atoms with E-state index < -0.39 is 6.10 Å². The van der Waals surface area contributed by atoms with Crippen LogP contribution in [0.15, 0.2) is 42.1 Å². The Bertz CT molecular complexity index is 1260. The van der Waals surface area contributed by atoms with Gasteiger partial charge >= 0.3 is 0 Å². The molecular weight excluding hydrogens is 454 g/mol. The van der Waals surface area contributed by atoms with Gasteiger partial charge < -0.3 is 30.4 Å². The first-order valence-corrected chi connectivity index (χ1v) is 11.8. The number of benzene rings is 2. The number of rotatable bonds is 6. The molecule has 3 heterocycles. The van der Waals surface area contributed by atoms with Gasteiger partial charge in [-0.1, -0.05) is 23.7 Å². The minimum Gasteiger partial charge on any atom is -0.387 e. The highest BCUT2D eigenvalue weighted by molar-refractivity contribution is 6.30. The van der Waals surface area contributed by atoms with E-state index in [0.717, 1.165) is 35.4 Å². The van der Waals surface area contributed by atoms with Crippen LogP contribution in [-0.2, 0) is 9.53 Å². The van der Waals surface area contributed by atoms with Crippen molar-refractivity contribution in [2.45, 2.75) is 26.0 Å². The van der Waals surface area contributed by atoms with E-state index in [9.17, 15) is 9.90 Å². The second-order valence-corrected chi connectivity index (χ2v) is 9.22. The molecule has 2 aromatic carbocycles. The molecule has 5 rings (SSSR count). The zero-order chi connectivity index (χ0) is 23.8. The van der Waals surface area contributed by atoms with E-state index in [1.165, 1.54) is 0 Å². The highest BCUT2D eigenvalue weighted by atomic mass is 35.5. The smallest absolute Gasteiger partial charge is 0.257 e. The van der Waals surface area contributed by atoms with Gasteiger partial charge in [-0.15, -0.1) is 0 Å². The van der Waals surface area contributed by atoms with E-state index in [4.69, 9.17) is 21.3 Å². The van der Waals surface area contributed by atoms with Crippen molar-refractivity contribution < 1.29 is 14.6 Å². The largest absolute Gasteiger partial charge is 0.387 e. The minimum atomic E-state index is -0.774. The van der Waals surface area contributed by atoms with E-state index in [-0.39, 0.29) is 18.5 Å². The van der Waals surface area contributed by atoms with Gasteiger partial charge in [0, 0.05) is 30.3 Å². The molecule has 2 aliphatic heterocycles. The van der Waals surface area contributed by atoms with Crippen LogP contribution < -0.4 is 15.5 Å². The van der Waals surface area contributed by atoms with Crippen molar-refractivity contribution in [2.24, 2.45) is 0 Å². The maximum Gasteiger partial charge on any atom is 0.257 e. The molecule has 34 heavy (non-hydrogen) atoms. The Balaban J connectivity index is 1.45. The van der Waals surface area contributed by atoms with Gasteiger partial charge in [0.15, 0.2) is 0 Å². The molecule has 0 bridgehead atoms. The van der Waals surface area contributed by atoms with Crippen molar-refractivity contribution in [2.75, 3.05) is 37.7 Å². The molecule has 1 fully saturated rings. The Morgan fingerprint density at radius 1 is 1.29 bits per heavy atom. The lowest BCUT2D eigenvalue weighted by atomic mass is 10.1. The number of aliphatic hydroxyl groups is 1. The molecule has 1 amide bonds. The number of halogens is 1. The van der Waals surface area contributed by atoms with Crippen molar-refractivity contribution in [1.29, 1.82) is 0 Å². The number of ether oxygens (including phenoxy) is 1. The molecule has 4 N–H and O–H groups in total. The summed E-state index contributed by atoms with van der Waals surface area (Å²) in [6.45, 7) is 7.30. The topological polar surface area (TPSA) is 103 Å². The zero-order valence-electron chi connectivity index (χ0n) is 19.2. The first-order chi connectivity index (χ1) is 16.4. The summed E-state index contributed by atoms with van der Waals surface area (Å²) >= 11 is 6.06. The van der Waals surface area contributed by atoms with E-state index in [2.05, 4.69) is 32.7 Å². The SMILES string of the molecule is Cc1cc(N2CCOCC2)cc2[nH]c(C3=C(NC[C@@H](O)c4cccc(Cl)c4)[C@@H](C)NC3=O)nc12. The third-order valence-corrected chi connectivity index (χ3v) is 6.61.